The van der Waals surface area contributed by atoms with Crippen LogP contribution in [0.15, 0.2) is 47.6 Å². The van der Waals surface area contributed by atoms with E-state index >= 15 is 0 Å². The van der Waals surface area contributed by atoms with Gasteiger partial charge in [0, 0.05) is 17.7 Å². The number of amides is 1. The molecule has 2 rings (SSSR count). The van der Waals surface area contributed by atoms with Crippen LogP contribution >= 0.6 is 22.6 Å². The largest absolute Gasteiger partial charge is 0.496 e. The van der Waals surface area contributed by atoms with E-state index in [0.29, 0.717) is 16.9 Å². The van der Waals surface area contributed by atoms with E-state index < -0.39 is 4.92 Å². The molecule has 0 atom stereocenters. The molecule has 0 fully saturated rings. The Balaban J connectivity index is 2.00. The molecule has 1 amide bonds. The van der Waals surface area contributed by atoms with Gasteiger partial charge < -0.3 is 4.74 Å². The SMILES string of the molecule is COc1ccc(C(=O)N/N=C/c2ccc([N+](=O)[O-])cc2)cc1I. The third-order valence-electron chi connectivity index (χ3n) is 2.90. The van der Waals surface area contributed by atoms with Gasteiger partial charge in [0.1, 0.15) is 5.75 Å². The van der Waals surface area contributed by atoms with Crippen molar-refractivity contribution >= 4 is 40.4 Å². The molecule has 8 heteroatoms. The van der Waals surface area contributed by atoms with Crippen molar-refractivity contribution in [2.45, 2.75) is 0 Å². The summed E-state index contributed by atoms with van der Waals surface area (Å²) in [5, 5.41) is 14.4. The van der Waals surface area contributed by atoms with Gasteiger partial charge in [-0.1, -0.05) is 0 Å². The summed E-state index contributed by atoms with van der Waals surface area (Å²) < 4.78 is 5.95. The van der Waals surface area contributed by atoms with E-state index in [4.69, 9.17) is 4.74 Å². The molecule has 0 radical (unpaired) electrons. The van der Waals surface area contributed by atoms with Gasteiger partial charge in [0.05, 0.1) is 21.8 Å². The fourth-order valence-corrected chi connectivity index (χ4v) is 2.46. The van der Waals surface area contributed by atoms with Crippen molar-refractivity contribution in [1.29, 1.82) is 0 Å². The van der Waals surface area contributed by atoms with Gasteiger partial charge in [0.2, 0.25) is 0 Å². The van der Waals surface area contributed by atoms with Gasteiger partial charge >= 0.3 is 0 Å². The topological polar surface area (TPSA) is 93.8 Å². The minimum absolute atomic E-state index is 0.000932. The Morgan fingerprint density at radius 2 is 2.00 bits per heavy atom. The van der Waals surface area contributed by atoms with Gasteiger partial charge in [0.25, 0.3) is 11.6 Å². The molecule has 0 saturated heterocycles. The molecule has 2 aromatic carbocycles. The number of nitro groups is 1. The van der Waals surface area contributed by atoms with Gasteiger partial charge in [-0.25, -0.2) is 5.43 Å². The quantitative estimate of drug-likeness (QED) is 0.345. The van der Waals surface area contributed by atoms with Crippen LogP contribution in [0.4, 0.5) is 5.69 Å². The Morgan fingerprint density at radius 3 is 2.57 bits per heavy atom. The van der Waals surface area contributed by atoms with Crippen LogP contribution < -0.4 is 10.2 Å². The van der Waals surface area contributed by atoms with Gasteiger partial charge in [0.15, 0.2) is 0 Å². The predicted molar refractivity (Wildman–Crippen MR) is 93.9 cm³/mol. The second-order valence-electron chi connectivity index (χ2n) is 4.40. The van der Waals surface area contributed by atoms with Crippen LogP contribution in [0, 0.1) is 13.7 Å². The van der Waals surface area contributed by atoms with Crippen LogP contribution in [0.25, 0.3) is 0 Å². The molecule has 0 saturated carbocycles. The molecule has 0 spiro atoms. The number of non-ortho nitro benzene ring substituents is 1. The van der Waals surface area contributed by atoms with Crippen molar-refractivity contribution in [3.8, 4) is 5.75 Å². The molecule has 0 aliphatic heterocycles. The minimum atomic E-state index is -0.478. The van der Waals surface area contributed by atoms with Crippen LogP contribution in [-0.2, 0) is 0 Å². The standard InChI is InChI=1S/C15H12IN3O4/c1-23-14-7-4-11(8-13(14)16)15(20)18-17-9-10-2-5-12(6-3-10)19(21)22/h2-9H,1H3,(H,18,20)/b17-9+. The molecule has 0 aliphatic carbocycles. The molecule has 0 unspecified atom stereocenters. The smallest absolute Gasteiger partial charge is 0.271 e. The average Bonchev–Trinajstić information content (AvgIpc) is 2.55. The Labute approximate surface area is 145 Å². The lowest BCUT2D eigenvalue weighted by molar-refractivity contribution is -0.384. The van der Waals surface area contributed by atoms with Crippen LogP contribution in [0.5, 0.6) is 5.75 Å². The molecule has 23 heavy (non-hydrogen) atoms. The highest BCUT2D eigenvalue weighted by Crippen LogP contribution is 2.21. The molecule has 118 valence electrons. The molecule has 2 aromatic rings. The summed E-state index contributed by atoms with van der Waals surface area (Å²) >= 11 is 2.08. The average molecular weight is 425 g/mol. The Morgan fingerprint density at radius 1 is 1.30 bits per heavy atom. The lowest BCUT2D eigenvalue weighted by Gasteiger charge is -2.05. The molecule has 1 N–H and O–H groups in total. The number of nitrogens with zero attached hydrogens (tertiary/aromatic N) is 2. The molecule has 0 aromatic heterocycles. The highest BCUT2D eigenvalue weighted by atomic mass is 127. The molecule has 0 aliphatic rings. The van der Waals surface area contributed by atoms with E-state index in [1.54, 1.807) is 37.4 Å². The number of hydrogen-bond donors (Lipinski definition) is 1. The van der Waals surface area contributed by atoms with Gasteiger partial charge in [-0.2, -0.15) is 5.10 Å². The van der Waals surface area contributed by atoms with E-state index in [-0.39, 0.29) is 11.6 Å². The number of methoxy groups -OCH3 is 1. The summed E-state index contributed by atoms with van der Waals surface area (Å²) in [6.45, 7) is 0. The summed E-state index contributed by atoms with van der Waals surface area (Å²) in [5.74, 6) is 0.334. The third kappa shape index (κ3) is 4.49. The summed E-state index contributed by atoms with van der Waals surface area (Å²) in [5.41, 5.74) is 3.49. The van der Waals surface area contributed by atoms with E-state index in [1.807, 2.05) is 0 Å². The molecular weight excluding hydrogens is 413 g/mol. The normalized spacial score (nSPS) is 10.5. The number of halogens is 1. The van der Waals surface area contributed by atoms with Crippen molar-refractivity contribution in [3.05, 3.63) is 67.3 Å². The van der Waals surface area contributed by atoms with Crippen molar-refractivity contribution in [1.82, 2.24) is 5.43 Å². The summed E-state index contributed by atoms with van der Waals surface area (Å²) in [6, 6.07) is 10.9. The molecule has 0 bridgehead atoms. The number of nitro benzene ring substituents is 1. The first-order valence-corrected chi connectivity index (χ1v) is 7.50. The predicted octanol–water partition coefficient (Wildman–Crippen LogP) is 2.97. The van der Waals surface area contributed by atoms with Crippen molar-refractivity contribution in [2.24, 2.45) is 5.10 Å². The van der Waals surface area contributed by atoms with Crippen LogP contribution in [0.3, 0.4) is 0 Å². The zero-order valence-electron chi connectivity index (χ0n) is 12.0. The maximum absolute atomic E-state index is 12.0. The number of carbonyl (C=O) groups is 1. The third-order valence-corrected chi connectivity index (χ3v) is 3.74. The first kappa shape index (κ1) is 16.9. The Bertz CT molecular complexity index is 760. The number of nitrogens with one attached hydrogen (secondary N) is 1. The first-order valence-electron chi connectivity index (χ1n) is 6.42. The van der Waals surface area contributed by atoms with E-state index in [2.05, 4.69) is 33.1 Å². The lowest BCUT2D eigenvalue weighted by Crippen LogP contribution is -2.17. The Hall–Kier alpha value is -2.49. The fourth-order valence-electron chi connectivity index (χ4n) is 1.72. The van der Waals surface area contributed by atoms with Gasteiger partial charge in [-0.15, -0.1) is 0 Å². The number of carbonyl (C=O) groups excluding carboxylic acids is 1. The second kappa shape index (κ2) is 7.68. The highest BCUT2D eigenvalue weighted by Gasteiger charge is 2.08. The maximum Gasteiger partial charge on any atom is 0.271 e. The zero-order chi connectivity index (χ0) is 16.8. The number of ether oxygens (including phenoxy) is 1. The summed E-state index contributed by atoms with van der Waals surface area (Å²) in [6.07, 6.45) is 1.41. The lowest BCUT2D eigenvalue weighted by atomic mass is 10.2. The van der Waals surface area contributed by atoms with Crippen LogP contribution in [0.1, 0.15) is 15.9 Å². The first-order chi connectivity index (χ1) is 11.0. The van der Waals surface area contributed by atoms with E-state index in [1.165, 1.54) is 18.3 Å². The van der Waals surface area contributed by atoms with E-state index in [9.17, 15) is 14.9 Å². The fraction of sp³-hybridized carbons (Fsp3) is 0.0667. The Kier molecular flexibility index (Phi) is 5.63. The maximum atomic E-state index is 12.0. The summed E-state index contributed by atoms with van der Waals surface area (Å²) in [7, 11) is 1.56. The monoisotopic (exact) mass is 425 g/mol. The molecular formula is C15H12IN3O4. The number of rotatable bonds is 5. The highest BCUT2D eigenvalue weighted by molar-refractivity contribution is 14.1. The van der Waals surface area contributed by atoms with Gasteiger partial charge in [-0.3, -0.25) is 14.9 Å². The number of hydrogen-bond acceptors (Lipinski definition) is 5. The van der Waals surface area contributed by atoms with Crippen molar-refractivity contribution in [3.63, 3.8) is 0 Å². The van der Waals surface area contributed by atoms with Crippen molar-refractivity contribution in [2.75, 3.05) is 7.11 Å². The van der Waals surface area contributed by atoms with Gasteiger partial charge in [-0.05, 0) is 58.5 Å². The minimum Gasteiger partial charge on any atom is -0.496 e. The van der Waals surface area contributed by atoms with Crippen LogP contribution in [0.2, 0.25) is 0 Å². The molecule has 7 nitrogen and oxygen atoms in total. The second-order valence-corrected chi connectivity index (χ2v) is 5.56. The van der Waals surface area contributed by atoms with E-state index in [0.717, 1.165) is 3.57 Å². The number of benzene rings is 2. The van der Waals surface area contributed by atoms with Crippen LogP contribution in [-0.4, -0.2) is 24.2 Å². The number of hydrazone groups is 1. The zero-order valence-corrected chi connectivity index (χ0v) is 14.2. The van der Waals surface area contributed by atoms with Crippen molar-refractivity contribution < 1.29 is 14.5 Å². The molecule has 0 heterocycles. The summed E-state index contributed by atoms with van der Waals surface area (Å²) in [4.78, 5) is 22.0.